The van der Waals surface area contributed by atoms with Gasteiger partial charge in [0.15, 0.2) is 0 Å². The summed E-state index contributed by atoms with van der Waals surface area (Å²) in [6.07, 6.45) is 1.74. The van der Waals surface area contributed by atoms with Crippen LogP contribution in [0.15, 0.2) is 48.8 Å². The number of nitrogens with zero attached hydrogens (tertiary/aromatic N) is 3. The number of aromatic nitrogens is 2. The lowest BCUT2D eigenvalue weighted by atomic mass is 10.0. The fourth-order valence-corrected chi connectivity index (χ4v) is 6.00. The van der Waals surface area contributed by atoms with Gasteiger partial charge in [-0.05, 0) is 48.4 Å². The zero-order valence-corrected chi connectivity index (χ0v) is 25.2. The molecule has 1 aromatic heterocycles. The average Bonchev–Trinajstić information content (AvgIpc) is 3.64. The third-order valence-electron chi connectivity index (χ3n) is 8.14. The van der Waals surface area contributed by atoms with Crippen LogP contribution in [-0.2, 0) is 20.9 Å². The maximum Gasteiger partial charge on any atom is 0.265 e. The number of anilines is 3. The molecule has 3 aromatic carbocycles. The van der Waals surface area contributed by atoms with E-state index in [1.807, 2.05) is 0 Å². The number of carbonyl (C=O) groups is 4. The highest BCUT2D eigenvalue weighted by atomic mass is 35.5. The van der Waals surface area contributed by atoms with E-state index in [0.29, 0.717) is 63.9 Å². The number of benzene rings is 3. The molecule has 240 valence electrons. The molecule has 0 aliphatic carbocycles. The van der Waals surface area contributed by atoms with E-state index >= 15 is 4.39 Å². The Morgan fingerprint density at radius 2 is 1.87 bits per heavy atom. The van der Waals surface area contributed by atoms with Crippen LogP contribution in [0.4, 0.5) is 26.0 Å². The Labute approximate surface area is 270 Å². The minimum atomic E-state index is -1.21. The topological polar surface area (TPSA) is 152 Å². The van der Waals surface area contributed by atoms with Crippen molar-refractivity contribution in [3.63, 3.8) is 0 Å². The van der Waals surface area contributed by atoms with E-state index in [9.17, 15) is 23.6 Å². The lowest BCUT2D eigenvalue weighted by Crippen LogP contribution is -2.54. The number of nitrogens with one attached hydrogen (secondary N) is 3. The lowest BCUT2D eigenvalue weighted by Gasteiger charge is -2.27. The lowest BCUT2D eigenvalue weighted by molar-refractivity contribution is -0.136. The number of amides is 4. The predicted molar refractivity (Wildman–Crippen MR) is 164 cm³/mol. The Morgan fingerprint density at radius 1 is 1.02 bits per heavy atom. The second-order valence-corrected chi connectivity index (χ2v) is 11.7. The molecule has 15 heteroatoms. The Bertz CT molecular complexity index is 1990. The number of imide groups is 2. The van der Waals surface area contributed by atoms with Gasteiger partial charge in [0, 0.05) is 36.5 Å². The van der Waals surface area contributed by atoms with Crippen LogP contribution in [-0.4, -0.2) is 63.9 Å². The fraction of sp³-hybridized carbons (Fsp3) is 0.250. The van der Waals surface area contributed by atoms with Crippen LogP contribution in [0.5, 0.6) is 5.75 Å². The molecule has 7 rings (SSSR count). The Hall–Kier alpha value is -5.21. The van der Waals surface area contributed by atoms with Gasteiger partial charge in [0.1, 0.15) is 41.7 Å². The maximum atomic E-state index is 15.4. The number of fused-ring (bicyclic) bond motifs is 2. The van der Waals surface area contributed by atoms with E-state index in [0.717, 1.165) is 6.07 Å². The molecule has 0 spiro atoms. The third-order valence-corrected chi connectivity index (χ3v) is 8.43. The van der Waals surface area contributed by atoms with Crippen molar-refractivity contribution < 1.29 is 37.4 Å². The summed E-state index contributed by atoms with van der Waals surface area (Å²) in [6.45, 7) is 0.959. The van der Waals surface area contributed by atoms with Gasteiger partial charge in [0.25, 0.3) is 11.8 Å². The number of piperidine rings is 1. The number of hydrogen-bond acceptors (Lipinski definition) is 10. The average molecular weight is 663 g/mol. The van der Waals surface area contributed by atoms with Crippen molar-refractivity contribution >= 4 is 63.3 Å². The van der Waals surface area contributed by atoms with Gasteiger partial charge >= 0.3 is 0 Å². The molecule has 4 aromatic rings. The number of rotatable bonds is 8. The van der Waals surface area contributed by atoms with Crippen LogP contribution in [0.25, 0.3) is 10.9 Å². The second-order valence-electron chi connectivity index (χ2n) is 11.2. The molecule has 12 nitrogen and oxygen atoms in total. The molecule has 47 heavy (non-hydrogen) atoms. The molecule has 2 saturated heterocycles. The van der Waals surface area contributed by atoms with E-state index in [4.69, 9.17) is 21.1 Å². The Balaban J connectivity index is 1.19. The summed E-state index contributed by atoms with van der Waals surface area (Å²) in [5, 5.41) is 9.00. The minimum Gasteiger partial charge on any atom is -0.486 e. The molecular formula is C32H25ClF2N6O6. The number of ether oxygens (including phenoxy) is 2. The first-order valence-electron chi connectivity index (χ1n) is 14.7. The highest BCUT2D eigenvalue weighted by Crippen LogP contribution is 2.36. The van der Waals surface area contributed by atoms with Crippen molar-refractivity contribution in [2.24, 2.45) is 0 Å². The molecule has 2 atom stereocenters. The summed E-state index contributed by atoms with van der Waals surface area (Å²) in [6, 6.07) is 8.98. The zero-order valence-electron chi connectivity index (χ0n) is 24.4. The van der Waals surface area contributed by atoms with Gasteiger partial charge in [-0.15, -0.1) is 0 Å². The van der Waals surface area contributed by atoms with E-state index in [1.165, 1.54) is 30.6 Å². The first-order chi connectivity index (χ1) is 22.7. The van der Waals surface area contributed by atoms with Gasteiger partial charge in [0.2, 0.25) is 11.8 Å². The number of hydrogen-bond donors (Lipinski definition) is 3. The van der Waals surface area contributed by atoms with Gasteiger partial charge < -0.3 is 20.1 Å². The Morgan fingerprint density at radius 3 is 2.64 bits per heavy atom. The van der Waals surface area contributed by atoms with Crippen LogP contribution >= 0.6 is 11.6 Å². The Kier molecular flexibility index (Phi) is 7.90. The molecule has 2 fully saturated rings. The van der Waals surface area contributed by atoms with E-state index in [2.05, 4.69) is 25.9 Å². The van der Waals surface area contributed by atoms with Crippen molar-refractivity contribution in [1.29, 1.82) is 0 Å². The fourth-order valence-electron chi connectivity index (χ4n) is 5.82. The first kappa shape index (κ1) is 30.4. The molecule has 4 amide bonds. The smallest absolute Gasteiger partial charge is 0.265 e. The monoisotopic (exact) mass is 662 g/mol. The molecule has 3 N–H and O–H groups in total. The molecule has 1 unspecified atom stereocenters. The van der Waals surface area contributed by atoms with Gasteiger partial charge in [-0.3, -0.25) is 29.4 Å². The van der Waals surface area contributed by atoms with Crippen molar-refractivity contribution in [1.82, 2.24) is 20.2 Å². The van der Waals surface area contributed by atoms with Crippen LogP contribution < -0.4 is 20.7 Å². The van der Waals surface area contributed by atoms with E-state index in [1.54, 1.807) is 12.1 Å². The third kappa shape index (κ3) is 5.81. The maximum absolute atomic E-state index is 15.4. The van der Waals surface area contributed by atoms with Gasteiger partial charge in [-0.25, -0.2) is 18.7 Å². The molecule has 0 bridgehead atoms. The summed E-state index contributed by atoms with van der Waals surface area (Å²) in [4.78, 5) is 59.8. The minimum absolute atomic E-state index is 0.0111. The van der Waals surface area contributed by atoms with Crippen LogP contribution in [0.3, 0.4) is 0 Å². The van der Waals surface area contributed by atoms with Crippen LogP contribution in [0, 0.1) is 11.6 Å². The summed E-state index contributed by atoms with van der Waals surface area (Å²) in [5.41, 5.74) is 1.27. The predicted octanol–water partition coefficient (Wildman–Crippen LogP) is 4.49. The molecule has 3 aliphatic rings. The van der Waals surface area contributed by atoms with Gasteiger partial charge in [0.05, 0.1) is 40.6 Å². The number of halogens is 3. The first-order valence-corrected chi connectivity index (χ1v) is 15.1. The SMILES string of the molecule is O=C1CCC(N2C(=O)c3cc(CNc4cc5c(Nc6ccc(F)c(Cl)c6)ncnc5cc4O[C@H]4CCOC4)cc(F)c3C2=O)C(=O)N1. The van der Waals surface area contributed by atoms with Gasteiger partial charge in [-0.2, -0.15) is 0 Å². The van der Waals surface area contributed by atoms with Crippen molar-refractivity contribution in [3.8, 4) is 5.75 Å². The molecule has 4 heterocycles. The zero-order chi connectivity index (χ0) is 32.8. The van der Waals surface area contributed by atoms with Crippen molar-refractivity contribution in [2.45, 2.75) is 38.0 Å². The molecule has 0 radical (unpaired) electrons. The summed E-state index contributed by atoms with van der Waals surface area (Å²) >= 11 is 5.96. The normalized spacial score (nSPS) is 19.3. The van der Waals surface area contributed by atoms with E-state index in [-0.39, 0.29) is 36.1 Å². The largest absolute Gasteiger partial charge is 0.486 e. The second kappa shape index (κ2) is 12.2. The van der Waals surface area contributed by atoms with Crippen molar-refractivity contribution in [3.05, 3.63) is 82.1 Å². The van der Waals surface area contributed by atoms with Crippen LogP contribution in [0.2, 0.25) is 5.02 Å². The van der Waals surface area contributed by atoms with Gasteiger partial charge in [-0.1, -0.05) is 11.6 Å². The molecule has 0 saturated carbocycles. The number of carbonyl (C=O) groups excluding carboxylic acids is 4. The quantitative estimate of drug-likeness (QED) is 0.230. The molecular weight excluding hydrogens is 638 g/mol. The molecule has 3 aliphatic heterocycles. The van der Waals surface area contributed by atoms with Crippen molar-refractivity contribution in [2.75, 3.05) is 23.8 Å². The summed E-state index contributed by atoms with van der Waals surface area (Å²) in [5.74, 6) is -3.66. The summed E-state index contributed by atoms with van der Waals surface area (Å²) < 4.78 is 40.9. The highest BCUT2D eigenvalue weighted by molar-refractivity contribution is 6.31. The van der Waals surface area contributed by atoms with E-state index < -0.39 is 46.9 Å². The standard InChI is InChI=1S/C32H25ClF2N6O6/c33-20-9-16(1-2-21(20)34)39-29-18-10-24(26(11-23(18)37-14-38-29)47-17-5-6-46-13-17)36-12-15-7-19-28(22(35)8-15)32(45)41(31(19)44)25-3-4-27(42)40-30(25)43/h1-2,7-11,14,17,25,36H,3-6,12-13H2,(H,37,38,39)(H,40,42,43)/t17-,25?/m0/s1. The highest BCUT2D eigenvalue weighted by Gasteiger charge is 2.46. The van der Waals surface area contributed by atoms with Crippen LogP contribution in [0.1, 0.15) is 45.5 Å². The summed E-state index contributed by atoms with van der Waals surface area (Å²) in [7, 11) is 0.